The van der Waals surface area contributed by atoms with Crippen molar-refractivity contribution in [3.8, 4) is 0 Å². The number of ketones is 1. The number of fused-ring (bicyclic) bond motifs is 1. The minimum absolute atomic E-state index is 0.244. The highest BCUT2D eigenvalue weighted by molar-refractivity contribution is 6.55. The zero-order valence-electron chi connectivity index (χ0n) is 9.07. The molecule has 1 aliphatic rings. The Kier molecular flexibility index (Phi) is 3.00. The first kappa shape index (κ1) is 11.8. The summed E-state index contributed by atoms with van der Waals surface area (Å²) in [5.41, 5.74) is 6.91. The number of nitrogens with zero attached hydrogens (tertiary/aromatic N) is 1. The molecule has 4 nitrogen and oxygen atoms in total. The standard InChI is InChI=1S/C12H11ClN2O2/c1-7(5-14)6-15-9-4-2-3-8(13)10(9)11(16)12(15)17/h2-4H,1,5-6,14H2. The number of amides is 1. The molecule has 1 aromatic carbocycles. The van der Waals surface area contributed by atoms with Gasteiger partial charge >= 0.3 is 0 Å². The summed E-state index contributed by atoms with van der Waals surface area (Å²) < 4.78 is 0. The molecule has 0 atom stereocenters. The van der Waals surface area contributed by atoms with Gasteiger partial charge in [0.1, 0.15) is 0 Å². The van der Waals surface area contributed by atoms with Crippen molar-refractivity contribution in [3.63, 3.8) is 0 Å². The molecule has 1 aliphatic heterocycles. The maximum Gasteiger partial charge on any atom is 0.299 e. The number of nitrogens with two attached hydrogens (primary N) is 1. The molecule has 17 heavy (non-hydrogen) atoms. The Morgan fingerprint density at radius 2 is 2.12 bits per heavy atom. The number of anilines is 1. The Morgan fingerprint density at radius 3 is 2.76 bits per heavy atom. The molecule has 0 saturated carbocycles. The molecule has 0 radical (unpaired) electrons. The zero-order chi connectivity index (χ0) is 12.6. The Morgan fingerprint density at radius 1 is 1.41 bits per heavy atom. The van der Waals surface area contributed by atoms with E-state index in [9.17, 15) is 9.59 Å². The van der Waals surface area contributed by atoms with E-state index in [1.807, 2.05) is 0 Å². The molecule has 0 saturated heterocycles. The van der Waals surface area contributed by atoms with Crippen LogP contribution in [0.5, 0.6) is 0 Å². The highest BCUT2D eigenvalue weighted by Crippen LogP contribution is 2.34. The second kappa shape index (κ2) is 4.31. The molecule has 0 aromatic heterocycles. The van der Waals surface area contributed by atoms with Crippen LogP contribution >= 0.6 is 11.6 Å². The maximum absolute atomic E-state index is 11.8. The number of rotatable bonds is 3. The fraction of sp³-hybridized carbons (Fsp3) is 0.167. The fourth-order valence-corrected chi connectivity index (χ4v) is 2.00. The van der Waals surface area contributed by atoms with Crippen LogP contribution in [0.2, 0.25) is 5.02 Å². The number of carbonyl (C=O) groups is 2. The summed E-state index contributed by atoms with van der Waals surface area (Å²) in [6.45, 7) is 4.24. The number of halogens is 1. The van der Waals surface area contributed by atoms with Crippen molar-refractivity contribution in [2.75, 3.05) is 18.0 Å². The molecule has 2 N–H and O–H groups in total. The van der Waals surface area contributed by atoms with Gasteiger partial charge in [0.2, 0.25) is 0 Å². The smallest absolute Gasteiger partial charge is 0.299 e. The summed E-state index contributed by atoms with van der Waals surface area (Å²) in [5.74, 6) is -1.15. The van der Waals surface area contributed by atoms with Crippen LogP contribution in [0.1, 0.15) is 10.4 Å². The van der Waals surface area contributed by atoms with Crippen molar-refractivity contribution in [2.45, 2.75) is 0 Å². The molecule has 0 unspecified atom stereocenters. The van der Waals surface area contributed by atoms with Crippen LogP contribution in [-0.2, 0) is 4.79 Å². The van der Waals surface area contributed by atoms with Gasteiger partial charge in [-0.05, 0) is 17.7 Å². The molecule has 1 aromatic rings. The molecule has 0 fully saturated rings. The third-order valence-corrected chi connectivity index (χ3v) is 2.93. The maximum atomic E-state index is 11.8. The van der Waals surface area contributed by atoms with E-state index < -0.39 is 11.7 Å². The number of hydrogen-bond donors (Lipinski definition) is 1. The number of hydrogen-bond acceptors (Lipinski definition) is 3. The summed E-state index contributed by atoms with van der Waals surface area (Å²) >= 11 is 5.92. The number of benzene rings is 1. The minimum atomic E-state index is -0.581. The van der Waals surface area contributed by atoms with Crippen LogP contribution < -0.4 is 10.6 Å². The quantitative estimate of drug-likeness (QED) is 0.651. The molecular weight excluding hydrogens is 240 g/mol. The topological polar surface area (TPSA) is 63.4 Å². The Balaban J connectivity index is 2.45. The van der Waals surface area contributed by atoms with E-state index in [4.69, 9.17) is 17.3 Å². The van der Waals surface area contributed by atoms with Gasteiger partial charge in [0, 0.05) is 13.1 Å². The van der Waals surface area contributed by atoms with Gasteiger partial charge in [-0.3, -0.25) is 9.59 Å². The van der Waals surface area contributed by atoms with Crippen LogP contribution in [0.15, 0.2) is 30.4 Å². The summed E-state index contributed by atoms with van der Waals surface area (Å²) in [7, 11) is 0. The monoisotopic (exact) mass is 250 g/mol. The highest BCUT2D eigenvalue weighted by Gasteiger charge is 2.37. The van der Waals surface area contributed by atoms with Gasteiger partial charge in [-0.1, -0.05) is 24.2 Å². The van der Waals surface area contributed by atoms with E-state index in [-0.39, 0.29) is 18.7 Å². The molecular formula is C12H11ClN2O2. The van der Waals surface area contributed by atoms with Gasteiger partial charge < -0.3 is 10.6 Å². The van der Waals surface area contributed by atoms with Crippen molar-refractivity contribution in [3.05, 3.63) is 40.9 Å². The first-order valence-corrected chi connectivity index (χ1v) is 5.45. The van der Waals surface area contributed by atoms with Crippen LogP contribution in [-0.4, -0.2) is 24.8 Å². The second-order valence-electron chi connectivity index (χ2n) is 3.81. The lowest BCUT2D eigenvalue weighted by atomic mass is 10.1. The molecule has 5 heteroatoms. The van der Waals surface area contributed by atoms with Crippen molar-refractivity contribution in [2.24, 2.45) is 5.73 Å². The van der Waals surface area contributed by atoms with Crippen LogP contribution in [0, 0.1) is 0 Å². The lowest BCUT2D eigenvalue weighted by molar-refractivity contribution is -0.114. The number of Topliss-reactive ketones (excluding diaryl/α,β-unsaturated/α-hetero) is 1. The van der Waals surface area contributed by atoms with Crippen molar-refractivity contribution < 1.29 is 9.59 Å². The van der Waals surface area contributed by atoms with Crippen molar-refractivity contribution in [1.29, 1.82) is 0 Å². The molecule has 88 valence electrons. The van der Waals surface area contributed by atoms with Crippen molar-refractivity contribution >= 4 is 29.0 Å². The lowest BCUT2D eigenvalue weighted by Gasteiger charge is -2.17. The van der Waals surface area contributed by atoms with E-state index in [2.05, 4.69) is 6.58 Å². The summed E-state index contributed by atoms with van der Waals surface area (Å²) in [5, 5.41) is 0.293. The van der Waals surface area contributed by atoms with Crippen LogP contribution in [0.4, 0.5) is 5.69 Å². The third kappa shape index (κ3) is 1.85. The molecule has 0 bridgehead atoms. The van der Waals surface area contributed by atoms with Crippen LogP contribution in [0.25, 0.3) is 0 Å². The van der Waals surface area contributed by atoms with Gasteiger partial charge in [0.05, 0.1) is 16.3 Å². The minimum Gasteiger partial charge on any atom is -0.327 e. The summed E-state index contributed by atoms with van der Waals surface area (Å²) in [6.07, 6.45) is 0. The normalized spacial score (nSPS) is 14.1. The fourth-order valence-electron chi connectivity index (χ4n) is 1.75. The predicted octanol–water partition coefficient (Wildman–Crippen LogP) is 1.38. The Hall–Kier alpha value is -1.65. The van der Waals surface area contributed by atoms with Crippen LogP contribution in [0.3, 0.4) is 0 Å². The first-order chi connectivity index (χ1) is 8.06. The van der Waals surface area contributed by atoms with Gasteiger partial charge in [0.15, 0.2) is 0 Å². The van der Waals surface area contributed by atoms with Gasteiger partial charge in [-0.2, -0.15) is 0 Å². The van der Waals surface area contributed by atoms with Crippen molar-refractivity contribution in [1.82, 2.24) is 0 Å². The second-order valence-corrected chi connectivity index (χ2v) is 4.22. The number of carbonyl (C=O) groups excluding carboxylic acids is 2. The summed E-state index contributed by atoms with van der Waals surface area (Å²) in [4.78, 5) is 24.9. The Labute approximate surface area is 104 Å². The van der Waals surface area contributed by atoms with Gasteiger partial charge in [-0.15, -0.1) is 0 Å². The van der Waals surface area contributed by atoms with Gasteiger partial charge in [-0.25, -0.2) is 0 Å². The van der Waals surface area contributed by atoms with E-state index in [0.29, 0.717) is 16.3 Å². The highest BCUT2D eigenvalue weighted by atomic mass is 35.5. The van der Waals surface area contributed by atoms with E-state index in [1.165, 1.54) is 4.90 Å². The van der Waals surface area contributed by atoms with E-state index in [0.717, 1.165) is 0 Å². The molecule has 0 spiro atoms. The predicted molar refractivity (Wildman–Crippen MR) is 66.3 cm³/mol. The average Bonchev–Trinajstić information content (AvgIpc) is 2.55. The SMILES string of the molecule is C=C(CN)CN1C(=O)C(=O)c2c(Cl)cccc21. The average molecular weight is 251 g/mol. The first-order valence-electron chi connectivity index (χ1n) is 5.07. The summed E-state index contributed by atoms with van der Waals surface area (Å²) in [6, 6.07) is 4.98. The van der Waals surface area contributed by atoms with E-state index >= 15 is 0 Å². The third-order valence-electron chi connectivity index (χ3n) is 2.62. The molecule has 1 heterocycles. The zero-order valence-corrected chi connectivity index (χ0v) is 9.83. The largest absolute Gasteiger partial charge is 0.327 e. The lowest BCUT2D eigenvalue weighted by Crippen LogP contribution is -2.32. The molecule has 0 aliphatic carbocycles. The Bertz CT molecular complexity index is 525. The van der Waals surface area contributed by atoms with Gasteiger partial charge in [0.25, 0.3) is 11.7 Å². The van der Waals surface area contributed by atoms with E-state index in [1.54, 1.807) is 18.2 Å². The molecule has 2 rings (SSSR count). The molecule has 1 amide bonds.